The number of carbonyl (C=O) groups is 1. The lowest BCUT2D eigenvalue weighted by Crippen LogP contribution is -2.10. The van der Waals surface area contributed by atoms with E-state index in [9.17, 15) is 9.18 Å². The van der Waals surface area contributed by atoms with E-state index in [1.54, 1.807) is 18.2 Å². The minimum atomic E-state index is -0.386. The zero-order valence-electron chi connectivity index (χ0n) is 13.3. The molecule has 0 saturated carbocycles. The lowest BCUT2D eigenvalue weighted by Gasteiger charge is -2.14. The molecule has 2 N–H and O–H groups in total. The molecule has 26 heavy (non-hydrogen) atoms. The van der Waals surface area contributed by atoms with E-state index in [1.165, 1.54) is 24.5 Å². The Balaban J connectivity index is 1.94. The van der Waals surface area contributed by atoms with Crippen LogP contribution in [-0.4, -0.2) is 16.1 Å². The standard InChI is InChI=1S/C19H12BrFN4O/c20-12-4-5-16-15(9-12)17(19(26)25-16)18(11-2-1-3-13(21)8-11)24-14-6-7-22-23-10-14/h1-10H,(H,22,24)(H,25,26)/b18-17-. The lowest BCUT2D eigenvalue weighted by atomic mass is 10.00. The summed E-state index contributed by atoms with van der Waals surface area (Å²) in [5.41, 5.74) is 3.56. The van der Waals surface area contributed by atoms with E-state index in [4.69, 9.17) is 0 Å². The Morgan fingerprint density at radius 3 is 2.77 bits per heavy atom. The van der Waals surface area contributed by atoms with E-state index < -0.39 is 0 Å². The monoisotopic (exact) mass is 410 g/mol. The van der Waals surface area contributed by atoms with Gasteiger partial charge in [0.15, 0.2) is 0 Å². The fourth-order valence-corrected chi connectivity index (χ4v) is 3.18. The molecule has 0 spiro atoms. The molecule has 0 bridgehead atoms. The fraction of sp³-hybridized carbons (Fsp3) is 0. The van der Waals surface area contributed by atoms with E-state index in [0.29, 0.717) is 28.2 Å². The SMILES string of the molecule is O=C1Nc2ccc(Br)cc2/C1=C(/Nc1ccnnc1)c1cccc(F)c1. The third kappa shape index (κ3) is 3.09. The van der Waals surface area contributed by atoms with Crippen LogP contribution >= 0.6 is 15.9 Å². The van der Waals surface area contributed by atoms with E-state index >= 15 is 0 Å². The van der Waals surface area contributed by atoms with Gasteiger partial charge in [0, 0.05) is 21.3 Å². The molecule has 3 aromatic rings. The molecule has 5 nitrogen and oxygen atoms in total. The molecule has 1 aromatic heterocycles. The van der Waals surface area contributed by atoms with Crippen LogP contribution in [-0.2, 0) is 4.79 Å². The maximum Gasteiger partial charge on any atom is 0.258 e. The van der Waals surface area contributed by atoms with Crippen molar-refractivity contribution >= 4 is 44.5 Å². The summed E-state index contributed by atoms with van der Waals surface area (Å²) in [7, 11) is 0. The smallest absolute Gasteiger partial charge is 0.258 e. The van der Waals surface area contributed by atoms with E-state index in [-0.39, 0.29) is 11.7 Å². The highest BCUT2D eigenvalue weighted by molar-refractivity contribution is 9.10. The van der Waals surface area contributed by atoms with Gasteiger partial charge in [0.1, 0.15) is 5.82 Å². The number of nitrogens with zero attached hydrogens (tertiary/aromatic N) is 2. The topological polar surface area (TPSA) is 66.9 Å². The van der Waals surface area contributed by atoms with Gasteiger partial charge in [0.25, 0.3) is 5.91 Å². The van der Waals surface area contributed by atoms with Gasteiger partial charge < -0.3 is 10.6 Å². The molecule has 2 heterocycles. The van der Waals surface area contributed by atoms with Gasteiger partial charge >= 0.3 is 0 Å². The zero-order valence-corrected chi connectivity index (χ0v) is 14.9. The van der Waals surface area contributed by atoms with Gasteiger partial charge in [0.05, 0.1) is 29.4 Å². The van der Waals surface area contributed by atoms with Gasteiger partial charge in [-0.2, -0.15) is 10.2 Å². The van der Waals surface area contributed by atoms with Crippen molar-refractivity contribution in [3.05, 3.63) is 82.3 Å². The van der Waals surface area contributed by atoms with Crippen molar-refractivity contribution in [1.82, 2.24) is 10.2 Å². The minimum absolute atomic E-state index is 0.258. The summed E-state index contributed by atoms with van der Waals surface area (Å²) in [6.07, 6.45) is 3.07. The van der Waals surface area contributed by atoms with Crippen LogP contribution in [0.4, 0.5) is 15.8 Å². The summed E-state index contributed by atoms with van der Waals surface area (Å²) in [5, 5.41) is 13.6. The Kier molecular flexibility index (Phi) is 4.22. The molecule has 128 valence electrons. The predicted octanol–water partition coefficient (Wildman–Crippen LogP) is 4.31. The van der Waals surface area contributed by atoms with Gasteiger partial charge in [-0.1, -0.05) is 28.1 Å². The average molecular weight is 411 g/mol. The van der Waals surface area contributed by atoms with Gasteiger partial charge in [-0.3, -0.25) is 4.79 Å². The second-order valence-corrected chi connectivity index (χ2v) is 6.58. The first kappa shape index (κ1) is 16.4. The van der Waals surface area contributed by atoms with Crippen molar-refractivity contribution in [3.8, 4) is 0 Å². The predicted molar refractivity (Wildman–Crippen MR) is 102 cm³/mol. The number of carbonyl (C=O) groups excluding carboxylic acids is 1. The van der Waals surface area contributed by atoms with E-state index in [0.717, 1.165) is 10.0 Å². The fourth-order valence-electron chi connectivity index (χ4n) is 2.82. The Bertz CT molecular complexity index is 1040. The first-order valence-electron chi connectivity index (χ1n) is 7.77. The van der Waals surface area contributed by atoms with Crippen LogP contribution in [0.5, 0.6) is 0 Å². The van der Waals surface area contributed by atoms with Crippen molar-refractivity contribution in [2.75, 3.05) is 10.6 Å². The second-order valence-electron chi connectivity index (χ2n) is 5.66. The number of rotatable bonds is 3. The molecule has 7 heteroatoms. The summed E-state index contributed by atoms with van der Waals surface area (Å²) in [5.74, 6) is -0.644. The molecule has 0 unspecified atom stereocenters. The minimum Gasteiger partial charge on any atom is -0.353 e. The van der Waals surface area contributed by atoms with Crippen LogP contribution in [0.15, 0.2) is 65.4 Å². The molecule has 0 radical (unpaired) electrons. The van der Waals surface area contributed by atoms with Crippen LogP contribution in [0.1, 0.15) is 11.1 Å². The third-order valence-corrected chi connectivity index (χ3v) is 4.44. The van der Waals surface area contributed by atoms with E-state index in [2.05, 4.69) is 36.8 Å². The van der Waals surface area contributed by atoms with Gasteiger partial charge in [-0.05, 0) is 36.4 Å². The summed E-state index contributed by atoms with van der Waals surface area (Å²) >= 11 is 3.44. The van der Waals surface area contributed by atoms with Crippen molar-refractivity contribution in [2.45, 2.75) is 0 Å². The summed E-state index contributed by atoms with van der Waals surface area (Å²) < 4.78 is 14.7. The molecule has 0 fully saturated rings. The van der Waals surface area contributed by atoms with Crippen molar-refractivity contribution in [2.24, 2.45) is 0 Å². The largest absolute Gasteiger partial charge is 0.353 e. The molecule has 0 atom stereocenters. The summed E-state index contributed by atoms with van der Waals surface area (Å²) in [6.45, 7) is 0. The molecule has 2 aromatic carbocycles. The summed E-state index contributed by atoms with van der Waals surface area (Å²) in [4.78, 5) is 12.7. The number of anilines is 2. The Morgan fingerprint density at radius 2 is 2.00 bits per heavy atom. The molecular formula is C19H12BrFN4O. The molecule has 1 aliphatic heterocycles. The highest BCUT2D eigenvalue weighted by Gasteiger charge is 2.28. The number of fused-ring (bicyclic) bond motifs is 1. The molecule has 1 aliphatic rings. The quantitative estimate of drug-likeness (QED) is 0.631. The highest BCUT2D eigenvalue weighted by Crippen LogP contribution is 2.38. The van der Waals surface area contributed by atoms with Gasteiger partial charge in [0.2, 0.25) is 0 Å². The first-order valence-corrected chi connectivity index (χ1v) is 8.56. The maximum atomic E-state index is 13.8. The van der Waals surface area contributed by atoms with Crippen LogP contribution in [0.2, 0.25) is 0 Å². The number of aromatic nitrogens is 2. The number of amides is 1. The Morgan fingerprint density at radius 1 is 1.12 bits per heavy atom. The van der Waals surface area contributed by atoms with Gasteiger partial charge in [-0.25, -0.2) is 4.39 Å². The highest BCUT2D eigenvalue weighted by atomic mass is 79.9. The van der Waals surface area contributed by atoms with Gasteiger partial charge in [-0.15, -0.1) is 0 Å². The number of nitrogens with one attached hydrogen (secondary N) is 2. The van der Waals surface area contributed by atoms with Crippen molar-refractivity contribution in [3.63, 3.8) is 0 Å². The van der Waals surface area contributed by atoms with Crippen LogP contribution in [0, 0.1) is 5.82 Å². The number of hydrogen-bond acceptors (Lipinski definition) is 4. The maximum absolute atomic E-state index is 13.8. The lowest BCUT2D eigenvalue weighted by molar-refractivity contribution is -0.110. The molecule has 4 rings (SSSR count). The number of halogens is 2. The van der Waals surface area contributed by atoms with Crippen molar-refractivity contribution < 1.29 is 9.18 Å². The van der Waals surface area contributed by atoms with E-state index in [1.807, 2.05) is 18.2 Å². The second kappa shape index (κ2) is 6.68. The van der Waals surface area contributed by atoms with Crippen LogP contribution < -0.4 is 10.6 Å². The first-order chi connectivity index (χ1) is 12.6. The zero-order chi connectivity index (χ0) is 18.1. The molecule has 0 saturated heterocycles. The number of benzene rings is 2. The van der Waals surface area contributed by atoms with Crippen molar-refractivity contribution in [1.29, 1.82) is 0 Å². The molecular weight excluding hydrogens is 399 g/mol. The summed E-state index contributed by atoms with van der Waals surface area (Å²) in [6, 6.07) is 13.3. The Hall–Kier alpha value is -3.06. The van der Waals surface area contributed by atoms with Crippen LogP contribution in [0.25, 0.3) is 11.3 Å². The third-order valence-electron chi connectivity index (χ3n) is 3.94. The Labute approximate surface area is 157 Å². The normalized spacial score (nSPS) is 14.6. The average Bonchev–Trinajstić information content (AvgIpc) is 2.95. The molecule has 0 aliphatic carbocycles. The van der Waals surface area contributed by atoms with Crippen LogP contribution in [0.3, 0.4) is 0 Å². The molecule has 1 amide bonds. The number of hydrogen-bond donors (Lipinski definition) is 2.